The zero-order valence-electron chi connectivity index (χ0n) is 9.97. The molecular formula is C10H19N3O2S. The Morgan fingerprint density at radius 2 is 2.25 bits per heavy atom. The lowest BCUT2D eigenvalue weighted by Gasteiger charge is -2.13. The number of rotatable bonds is 6. The van der Waals surface area contributed by atoms with Crippen LogP contribution in [0.4, 0.5) is 0 Å². The number of nitrogens with one attached hydrogen (secondary N) is 1. The fourth-order valence-electron chi connectivity index (χ4n) is 1.39. The molecule has 0 radical (unpaired) electrons. The topological polar surface area (TPSA) is 64.0 Å². The highest BCUT2D eigenvalue weighted by atomic mass is 32.2. The standard InChI is InChI=1S/C10H19N3O2S/c1-4-16(14,15)8-9(2)12-7-10-11-5-6-13(10)3/h5-6,9,12H,4,7-8H2,1-3H3. The third-order valence-corrected chi connectivity index (χ3v) is 4.36. The van der Waals surface area contributed by atoms with Crippen LogP contribution in [-0.2, 0) is 23.4 Å². The molecule has 0 aliphatic carbocycles. The summed E-state index contributed by atoms with van der Waals surface area (Å²) in [4.78, 5) is 4.16. The van der Waals surface area contributed by atoms with Gasteiger partial charge in [-0.2, -0.15) is 0 Å². The van der Waals surface area contributed by atoms with Gasteiger partial charge < -0.3 is 9.88 Å². The largest absolute Gasteiger partial charge is 0.337 e. The van der Waals surface area contributed by atoms with Crippen molar-refractivity contribution in [1.29, 1.82) is 0 Å². The van der Waals surface area contributed by atoms with Crippen molar-refractivity contribution < 1.29 is 8.42 Å². The maximum Gasteiger partial charge on any atom is 0.151 e. The molecule has 0 aliphatic heterocycles. The summed E-state index contributed by atoms with van der Waals surface area (Å²) in [5.41, 5.74) is 0. The van der Waals surface area contributed by atoms with Gasteiger partial charge in [-0.3, -0.25) is 0 Å². The van der Waals surface area contributed by atoms with Crippen molar-refractivity contribution in [3.63, 3.8) is 0 Å². The fraction of sp³-hybridized carbons (Fsp3) is 0.700. The van der Waals surface area contributed by atoms with E-state index < -0.39 is 9.84 Å². The number of aromatic nitrogens is 2. The van der Waals surface area contributed by atoms with Crippen molar-refractivity contribution in [2.24, 2.45) is 7.05 Å². The van der Waals surface area contributed by atoms with Crippen molar-refractivity contribution in [3.8, 4) is 0 Å². The van der Waals surface area contributed by atoms with Crippen LogP contribution in [0.5, 0.6) is 0 Å². The van der Waals surface area contributed by atoms with Crippen LogP contribution in [0.25, 0.3) is 0 Å². The predicted octanol–water partition coefficient (Wildman–Crippen LogP) is 0.333. The van der Waals surface area contributed by atoms with Gasteiger partial charge in [-0.05, 0) is 6.92 Å². The van der Waals surface area contributed by atoms with Crippen LogP contribution in [0.3, 0.4) is 0 Å². The predicted molar refractivity (Wildman–Crippen MR) is 63.8 cm³/mol. The first kappa shape index (κ1) is 13.2. The van der Waals surface area contributed by atoms with Gasteiger partial charge in [0, 0.05) is 31.2 Å². The molecule has 0 spiro atoms. The number of nitrogens with zero attached hydrogens (tertiary/aromatic N) is 2. The Labute approximate surface area is 96.8 Å². The Morgan fingerprint density at radius 3 is 2.75 bits per heavy atom. The van der Waals surface area contributed by atoms with Crippen LogP contribution in [0, 0.1) is 0 Å². The van der Waals surface area contributed by atoms with Crippen molar-refractivity contribution in [2.45, 2.75) is 26.4 Å². The SMILES string of the molecule is CCS(=O)(=O)CC(C)NCc1nccn1C. The van der Waals surface area contributed by atoms with Crippen LogP contribution < -0.4 is 5.32 Å². The van der Waals surface area contributed by atoms with E-state index >= 15 is 0 Å². The molecule has 1 N–H and O–H groups in total. The lowest BCUT2D eigenvalue weighted by atomic mass is 10.4. The number of hydrogen-bond donors (Lipinski definition) is 1. The smallest absolute Gasteiger partial charge is 0.151 e. The molecule has 1 heterocycles. The summed E-state index contributed by atoms with van der Waals surface area (Å²) < 4.78 is 24.7. The number of sulfone groups is 1. The molecule has 1 rings (SSSR count). The minimum atomic E-state index is -2.91. The molecule has 0 bridgehead atoms. The highest BCUT2D eigenvalue weighted by Gasteiger charge is 2.13. The molecule has 92 valence electrons. The highest BCUT2D eigenvalue weighted by Crippen LogP contribution is 1.97. The minimum absolute atomic E-state index is 0.0540. The average Bonchev–Trinajstić information content (AvgIpc) is 2.60. The molecule has 6 heteroatoms. The number of aryl methyl sites for hydroxylation is 1. The molecule has 0 fully saturated rings. The molecule has 0 amide bonds. The van der Waals surface area contributed by atoms with Gasteiger partial charge in [0.25, 0.3) is 0 Å². The van der Waals surface area contributed by atoms with E-state index in [4.69, 9.17) is 0 Å². The van der Waals surface area contributed by atoms with Gasteiger partial charge in [-0.1, -0.05) is 6.92 Å². The molecule has 0 aromatic carbocycles. The second-order valence-corrected chi connectivity index (χ2v) is 6.33. The summed E-state index contributed by atoms with van der Waals surface area (Å²) in [5.74, 6) is 1.27. The van der Waals surface area contributed by atoms with E-state index in [0.29, 0.717) is 6.54 Å². The third-order valence-electron chi connectivity index (χ3n) is 2.47. The lowest BCUT2D eigenvalue weighted by molar-refractivity contribution is 0.543. The summed E-state index contributed by atoms with van der Waals surface area (Å²) in [6.45, 7) is 4.13. The maximum atomic E-state index is 11.4. The first-order valence-electron chi connectivity index (χ1n) is 5.34. The molecular weight excluding hydrogens is 226 g/mol. The summed E-state index contributed by atoms with van der Waals surface area (Å²) in [6.07, 6.45) is 3.59. The fourth-order valence-corrected chi connectivity index (χ4v) is 2.51. The lowest BCUT2D eigenvalue weighted by Crippen LogP contribution is -2.33. The molecule has 1 aromatic heterocycles. The summed E-state index contributed by atoms with van der Waals surface area (Å²) in [5, 5.41) is 3.15. The highest BCUT2D eigenvalue weighted by molar-refractivity contribution is 7.91. The first-order valence-corrected chi connectivity index (χ1v) is 7.16. The normalized spacial score (nSPS) is 13.9. The molecule has 1 unspecified atom stereocenters. The van der Waals surface area contributed by atoms with Crippen LogP contribution in [0.1, 0.15) is 19.7 Å². The van der Waals surface area contributed by atoms with Crippen LogP contribution in [0.15, 0.2) is 12.4 Å². The van der Waals surface area contributed by atoms with Gasteiger partial charge >= 0.3 is 0 Å². The van der Waals surface area contributed by atoms with Crippen LogP contribution in [0.2, 0.25) is 0 Å². The monoisotopic (exact) mass is 245 g/mol. The van der Waals surface area contributed by atoms with Gasteiger partial charge in [0.05, 0.1) is 12.3 Å². The van der Waals surface area contributed by atoms with E-state index in [2.05, 4.69) is 10.3 Å². The Bertz CT molecular complexity index is 425. The zero-order valence-corrected chi connectivity index (χ0v) is 10.8. The van der Waals surface area contributed by atoms with E-state index in [1.165, 1.54) is 0 Å². The number of hydrogen-bond acceptors (Lipinski definition) is 4. The Hall–Kier alpha value is -0.880. The van der Waals surface area contributed by atoms with E-state index in [0.717, 1.165) is 5.82 Å². The summed E-state index contributed by atoms with van der Waals surface area (Å²) in [7, 11) is -0.995. The molecule has 0 saturated carbocycles. The van der Waals surface area contributed by atoms with Crippen LogP contribution in [-0.4, -0.2) is 35.5 Å². The molecule has 0 aliphatic rings. The third kappa shape index (κ3) is 3.94. The second-order valence-electron chi connectivity index (χ2n) is 3.94. The van der Waals surface area contributed by atoms with E-state index in [1.54, 1.807) is 13.1 Å². The van der Waals surface area contributed by atoms with Gasteiger partial charge in [-0.25, -0.2) is 13.4 Å². The van der Waals surface area contributed by atoms with Gasteiger partial charge in [0.2, 0.25) is 0 Å². The molecule has 1 atom stereocenters. The van der Waals surface area contributed by atoms with E-state index in [9.17, 15) is 8.42 Å². The quantitative estimate of drug-likeness (QED) is 0.784. The minimum Gasteiger partial charge on any atom is -0.337 e. The maximum absolute atomic E-state index is 11.4. The van der Waals surface area contributed by atoms with Gasteiger partial charge in [0.15, 0.2) is 9.84 Å². The Morgan fingerprint density at radius 1 is 1.56 bits per heavy atom. The molecule has 1 aromatic rings. The van der Waals surface area contributed by atoms with Gasteiger partial charge in [0.1, 0.15) is 5.82 Å². The molecule has 16 heavy (non-hydrogen) atoms. The molecule has 5 nitrogen and oxygen atoms in total. The summed E-state index contributed by atoms with van der Waals surface area (Å²) >= 11 is 0. The number of imidazole rings is 1. The van der Waals surface area contributed by atoms with E-state index in [1.807, 2.05) is 24.7 Å². The molecule has 0 saturated heterocycles. The zero-order chi connectivity index (χ0) is 12.2. The van der Waals surface area contributed by atoms with Crippen LogP contribution >= 0.6 is 0 Å². The van der Waals surface area contributed by atoms with E-state index in [-0.39, 0.29) is 17.5 Å². The van der Waals surface area contributed by atoms with Crippen molar-refractivity contribution in [2.75, 3.05) is 11.5 Å². The first-order chi connectivity index (χ1) is 7.44. The van der Waals surface area contributed by atoms with Crippen molar-refractivity contribution in [3.05, 3.63) is 18.2 Å². The van der Waals surface area contributed by atoms with Gasteiger partial charge in [-0.15, -0.1) is 0 Å². The Kier molecular flexibility index (Phi) is 4.49. The average molecular weight is 245 g/mol. The second kappa shape index (κ2) is 5.45. The Balaban J connectivity index is 2.42. The van der Waals surface area contributed by atoms with Crippen molar-refractivity contribution in [1.82, 2.24) is 14.9 Å². The van der Waals surface area contributed by atoms with Crippen molar-refractivity contribution >= 4 is 9.84 Å². The summed E-state index contributed by atoms with van der Waals surface area (Å²) in [6, 6.07) is -0.0540.